The minimum Gasteiger partial charge on any atom is -0.378 e. The Hall–Kier alpha value is -2.26. The highest BCUT2D eigenvalue weighted by Crippen LogP contribution is 2.55. The number of fused-ring (bicyclic) bond motifs is 3. The van der Waals surface area contributed by atoms with Crippen LogP contribution in [0.2, 0.25) is 0 Å². The molecule has 0 bridgehead atoms. The molecule has 2 aliphatic heterocycles. The molecule has 3 nitrogen and oxygen atoms in total. The third-order valence-corrected chi connectivity index (χ3v) is 5.96. The molecule has 26 heavy (non-hydrogen) atoms. The van der Waals surface area contributed by atoms with Crippen molar-refractivity contribution in [3.8, 4) is 0 Å². The lowest BCUT2D eigenvalue weighted by molar-refractivity contribution is 0.000329. The first kappa shape index (κ1) is 17.2. The molecule has 1 fully saturated rings. The van der Waals surface area contributed by atoms with Crippen molar-refractivity contribution in [2.45, 2.75) is 31.9 Å². The molecule has 0 N–H and O–H groups in total. The van der Waals surface area contributed by atoms with Crippen LogP contribution in [0.5, 0.6) is 0 Å². The lowest BCUT2D eigenvalue weighted by Gasteiger charge is -2.39. The lowest BCUT2D eigenvalue weighted by atomic mass is 9.77. The minimum atomic E-state index is -0.413. The Kier molecular flexibility index (Phi) is 3.89. The van der Waals surface area contributed by atoms with E-state index >= 15 is 0 Å². The summed E-state index contributed by atoms with van der Waals surface area (Å²) in [6.07, 6.45) is 4.47. The van der Waals surface area contributed by atoms with Crippen LogP contribution in [0.1, 0.15) is 30.5 Å². The Morgan fingerprint density at radius 2 is 1.81 bits per heavy atom. The molecule has 2 heterocycles. The van der Waals surface area contributed by atoms with Crippen molar-refractivity contribution in [1.29, 1.82) is 0 Å². The van der Waals surface area contributed by atoms with E-state index in [1.54, 1.807) is 0 Å². The number of hydrogen-bond acceptors (Lipinski definition) is 3. The number of benzene rings is 2. The van der Waals surface area contributed by atoms with Gasteiger partial charge < -0.3 is 14.5 Å². The second-order valence-corrected chi connectivity index (χ2v) is 8.16. The molecular weight excluding hydrogens is 320 g/mol. The van der Waals surface area contributed by atoms with Crippen LogP contribution < -0.4 is 9.80 Å². The van der Waals surface area contributed by atoms with Gasteiger partial charge in [-0.1, -0.05) is 49.8 Å². The van der Waals surface area contributed by atoms with Gasteiger partial charge in [0.15, 0.2) is 5.72 Å². The van der Waals surface area contributed by atoms with E-state index in [9.17, 15) is 0 Å². The summed E-state index contributed by atoms with van der Waals surface area (Å²) in [7, 11) is 4.13. The van der Waals surface area contributed by atoms with Crippen LogP contribution in [0.3, 0.4) is 0 Å². The number of nitrogens with zero attached hydrogens (tertiary/aromatic N) is 2. The van der Waals surface area contributed by atoms with Crippen molar-refractivity contribution in [1.82, 2.24) is 0 Å². The first-order chi connectivity index (χ1) is 12.3. The Bertz CT molecular complexity index is 851. The average molecular weight is 348 g/mol. The molecule has 0 saturated carbocycles. The molecule has 0 aliphatic carbocycles. The number of hydrogen-bond donors (Lipinski definition) is 0. The maximum atomic E-state index is 6.42. The third-order valence-electron chi connectivity index (χ3n) is 5.96. The largest absolute Gasteiger partial charge is 0.378 e. The number of anilines is 2. The molecule has 3 heteroatoms. The fourth-order valence-electron chi connectivity index (χ4n) is 4.37. The molecule has 4 rings (SSSR count). The topological polar surface area (TPSA) is 15.7 Å². The van der Waals surface area contributed by atoms with Crippen LogP contribution in [-0.2, 0) is 10.2 Å². The van der Waals surface area contributed by atoms with Crippen molar-refractivity contribution in [3.05, 3.63) is 65.2 Å². The van der Waals surface area contributed by atoms with Crippen molar-refractivity contribution >= 4 is 17.5 Å². The summed E-state index contributed by atoms with van der Waals surface area (Å²) in [5.74, 6) is 0. The van der Waals surface area contributed by atoms with Gasteiger partial charge in [-0.05, 0) is 42.3 Å². The third kappa shape index (κ3) is 2.38. The van der Waals surface area contributed by atoms with E-state index in [0.29, 0.717) is 0 Å². The molecule has 1 atom stereocenters. The maximum Gasteiger partial charge on any atom is 0.170 e. The first-order valence-corrected chi connectivity index (χ1v) is 9.34. The van der Waals surface area contributed by atoms with Gasteiger partial charge in [-0.3, -0.25) is 0 Å². The van der Waals surface area contributed by atoms with Crippen molar-refractivity contribution < 1.29 is 4.74 Å². The normalized spacial score (nSPS) is 23.3. The summed E-state index contributed by atoms with van der Waals surface area (Å²) < 4.78 is 6.42. The Labute approximate surface area is 156 Å². The van der Waals surface area contributed by atoms with E-state index in [-0.39, 0.29) is 5.41 Å². The number of rotatable bonds is 3. The highest BCUT2D eigenvalue weighted by Gasteiger charge is 2.59. The summed E-state index contributed by atoms with van der Waals surface area (Å²) in [5, 5.41) is 0. The zero-order valence-electron chi connectivity index (χ0n) is 16.4. The summed E-state index contributed by atoms with van der Waals surface area (Å²) in [6, 6.07) is 15.4. The van der Waals surface area contributed by atoms with Crippen LogP contribution >= 0.6 is 0 Å². The molecule has 2 aromatic carbocycles. The number of aryl methyl sites for hydroxylation is 1. The molecule has 0 radical (unpaired) electrons. The Morgan fingerprint density at radius 1 is 1.08 bits per heavy atom. The second-order valence-electron chi connectivity index (χ2n) is 8.16. The lowest BCUT2D eigenvalue weighted by Crippen LogP contribution is -2.51. The van der Waals surface area contributed by atoms with Crippen LogP contribution in [0.25, 0.3) is 6.08 Å². The molecule has 2 aliphatic rings. The van der Waals surface area contributed by atoms with Gasteiger partial charge in [-0.15, -0.1) is 0 Å². The molecule has 0 spiro atoms. The fourth-order valence-corrected chi connectivity index (χ4v) is 4.37. The zero-order chi connectivity index (χ0) is 18.5. The first-order valence-electron chi connectivity index (χ1n) is 9.34. The van der Waals surface area contributed by atoms with Crippen LogP contribution in [0.4, 0.5) is 11.4 Å². The average Bonchev–Trinajstić information content (AvgIpc) is 3.11. The molecule has 2 aromatic rings. The molecule has 136 valence electrons. The van der Waals surface area contributed by atoms with Gasteiger partial charge in [-0.2, -0.15) is 0 Å². The highest BCUT2D eigenvalue weighted by atomic mass is 16.5. The van der Waals surface area contributed by atoms with Gasteiger partial charge in [-0.25, -0.2) is 0 Å². The van der Waals surface area contributed by atoms with Gasteiger partial charge in [0.05, 0.1) is 6.61 Å². The van der Waals surface area contributed by atoms with Gasteiger partial charge in [0.1, 0.15) is 0 Å². The second kappa shape index (κ2) is 5.88. The fraction of sp³-hybridized carbons (Fsp3) is 0.391. The predicted octanol–water partition coefficient (Wildman–Crippen LogP) is 4.60. The predicted molar refractivity (Wildman–Crippen MR) is 110 cm³/mol. The van der Waals surface area contributed by atoms with Crippen molar-refractivity contribution in [2.24, 2.45) is 0 Å². The van der Waals surface area contributed by atoms with Gasteiger partial charge in [0.25, 0.3) is 0 Å². The Morgan fingerprint density at radius 3 is 2.50 bits per heavy atom. The van der Waals surface area contributed by atoms with E-state index in [0.717, 1.165) is 13.2 Å². The quantitative estimate of drug-likeness (QED) is 0.806. The zero-order valence-corrected chi connectivity index (χ0v) is 16.4. The summed E-state index contributed by atoms with van der Waals surface area (Å²) in [6.45, 7) is 8.46. The van der Waals surface area contributed by atoms with Crippen molar-refractivity contribution in [2.75, 3.05) is 37.0 Å². The molecule has 0 amide bonds. The van der Waals surface area contributed by atoms with Crippen LogP contribution in [0.15, 0.2) is 48.5 Å². The van der Waals surface area contributed by atoms with E-state index < -0.39 is 5.72 Å². The van der Waals surface area contributed by atoms with Crippen LogP contribution in [0, 0.1) is 6.92 Å². The van der Waals surface area contributed by atoms with E-state index in [2.05, 4.69) is 99.3 Å². The van der Waals surface area contributed by atoms with E-state index in [4.69, 9.17) is 4.74 Å². The SMILES string of the molecule is Cc1ccc2c(c1)C(C)(C)C1(C=Cc3ccc(N(C)C)cc3)OCCN21. The molecule has 1 saturated heterocycles. The van der Waals surface area contributed by atoms with Gasteiger partial charge >= 0.3 is 0 Å². The smallest absolute Gasteiger partial charge is 0.170 e. The summed E-state index contributed by atoms with van der Waals surface area (Å²) in [5.41, 5.74) is 5.88. The van der Waals surface area contributed by atoms with Gasteiger partial charge in [0.2, 0.25) is 0 Å². The molecule has 1 unspecified atom stereocenters. The van der Waals surface area contributed by atoms with Gasteiger partial charge in [0, 0.05) is 37.4 Å². The summed E-state index contributed by atoms with van der Waals surface area (Å²) in [4.78, 5) is 4.56. The Balaban J connectivity index is 1.73. The maximum absolute atomic E-state index is 6.42. The molecule has 0 aromatic heterocycles. The standard InChI is InChI=1S/C23H28N2O/c1-17-6-11-21-20(16-17)22(2,3)23(25(21)14-15-26-23)13-12-18-7-9-19(10-8-18)24(4)5/h6-13,16H,14-15H2,1-5H3. The number of ether oxygens (including phenoxy) is 1. The van der Waals surface area contributed by atoms with E-state index in [1.165, 1.54) is 28.1 Å². The van der Waals surface area contributed by atoms with E-state index in [1.807, 2.05) is 0 Å². The highest BCUT2D eigenvalue weighted by molar-refractivity contribution is 5.70. The molecular formula is C23H28N2O. The monoisotopic (exact) mass is 348 g/mol. The van der Waals surface area contributed by atoms with Crippen LogP contribution in [-0.4, -0.2) is 33.0 Å². The van der Waals surface area contributed by atoms with Crippen molar-refractivity contribution in [3.63, 3.8) is 0 Å². The minimum absolute atomic E-state index is 0.106. The summed E-state index contributed by atoms with van der Waals surface area (Å²) >= 11 is 0.